The zero-order valence-corrected chi connectivity index (χ0v) is 19.4. The van der Waals surface area contributed by atoms with Crippen molar-refractivity contribution in [1.29, 1.82) is 0 Å². The number of halogens is 3. The molecule has 1 amide bonds. The van der Waals surface area contributed by atoms with Gasteiger partial charge in [0.25, 0.3) is 5.91 Å². The molecule has 0 unspecified atom stereocenters. The summed E-state index contributed by atoms with van der Waals surface area (Å²) in [5.41, 5.74) is 2.14. The Bertz CT molecular complexity index is 1210. The summed E-state index contributed by atoms with van der Waals surface area (Å²) in [6.07, 6.45) is -3.85. The first kappa shape index (κ1) is 24.3. The lowest BCUT2D eigenvalue weighted by Gasteiger charge is -2.30. The number of morpholine rings is 1. The Hall–Kier alpha value is -3.79. The Morgan fingerprint density at radius 3 is 2.46 bits per heavy atom. The number of nitrogens with zero attached hydrogens (tertiary/aromatic N) is 2. The molecule has 1 saturated heterocycles. The predicted molar refractivity (Wildman–Crippen MR) is 130 cm³/mol. The quantitative estimate of drug-likeness (QED) is 0.451. The number of carbonyl (C=O) groups is 1. The average Bonchev–Trinajstić information content (AvgIpc) is 2.84. The van der Waals surface area contributed by atoms with E-state index in [2.05, 4.69) is 25.8 Å². The second-order valence-corrected chi connectivity index (χ2v) is 8.09. The fourth-order valence-electron chi connectivity index (χ4n) is 3.96. The first-order valence-electron chi connectivity index (χ1n) is 11.1. The van der Waals surface area contributed by atoms with E-state index in [1.165, 1.54) is 19.2 Å². The number of ether oxygens (including phenoxy) is 1. The van der Waals surface area contributed by atoms with Crippen LogP contribution in [0.5, 0.6) is 0 Å². The molecule has 2 heterocycles. The highest BCUT2D eigenvalue weighted by Gasteiger charge is 2.34. The van der Waals surface area contributed by atoms with E-state index in [-0.39, 0.29) is 22.8 Å². The average molecular weight is 486 g/mol. The van der Waals surface area contributed by atoms with Gasteiger partial charge in [-0.25, -0.2) is 4.98 Å². The molecule has 3 N–H and O–H groups in total. The fourth-order valence-corrected chi connectivity index (χ4v) is 3.96. The number of carbonyl (C=O) groups excluding carboxylic acids is 1. The van der Waals surface area contributed by atoms with Crippen LogP contribution >= 0.6 is 0 Å². The second kappa shape index (κ2) is 10.2. The highest BCUT2D eigenvalue weighted by atomic mass is 19.4. The highest BCUT2D eigenvalue weighted by molar-refractivity contribution is 6.00. The topological polar surface area (TPSA) is 78.5 Å². The number of para-hydroxylation sites is 1. The molecule has 7 nitrogen and oxygen atoms in total. The number of hydrogen-bond acceptors (Lipinski definition) is 6. The highest BCUT2D eigenvalue weighted by Crippen LogP contribution is 2.38. The first-order valence-corrected chi connectivity index (χ1v) is 11.1. The third kappa shape index (κ3) is 5.65. The van der Waals surface area contributed by atoms with Crippen molar-refractivity contribution < 1.29 is 22.7 Å². The van der Waals surface area contributed by atoms with Crippen LogP contribution in [0.4, 0.5) is 41.7 Å². The van der Waals surface area contributed by atoms with Gasteiger partial charge in [-0.3, -0.25) is 4.79 Å². The molecule has 1 aromatic heterocycles. The zero-order chi connectivity index (χ0) is 25.0. The normalized spacial score (nSPS) is 13.9. The first-order chi connectivity index (χ1) is 16.8. The minimum Gasteiger partial charge on any atom is -0.378 e. The maximum absolute atomic E-state index is 13.7. The van der Waals surface area contributed by atoms with E-state index in [0.717, 1.165) is 30.5 Å². The molecular formula is C25H26F3N5O2. The maximum Gasteiger partial charge on any atom is 0.419 e. The number of rotatable bonds is 6. The molecule has 1 fully saturated rings. The van der Waals surface area contributed by atoms with Crippen molar-refractivity contribution in [3.05, 3.63) is 71.4 Å². The summed E-state index contributed by atoms with van der Waals surface area (Å²) in [5.74, 6) is -0.179. The summed E-state index contributed by atoms with van der Waals surface area (Å²) in [6.45, 7) is 4.95. The lowest BCUT2D eigenvalue weighted by Crippen LogP contribution is -2.36. The molecule has 0 spiro atoms. The van der Waals surface area contributed by atoms with Gasteiger partial charge in [0.2, 0.25) is 0 Å². The van der Waals surface area contributed by atoms with E-state index >= 15 is 0 Å². The van der Waals surface area contributed by atoms with Crippen LogP contribution in [-0.4, -0.2) is 44.2 Å². The smallest absolute Gasteiger partial charge is 0.378 e. The minimum atomic E-state index is -4.63. The maximum atomic E-state index is 13.7. The standard InChI is InChI=1S/C25H26F3N5O2/c1-16-13-17(7-8-22(16)33-9-11-35-12-10-33)31-23-14-21(19(15-30-23)25(26,27)28)32-20-6-4-3-5-18(20)24(34)29-2/h3-8,13-15H,9-12H2,1-2H3,(H,29,34)(H2,30,31,32). The zero-order valence-electron chi connectivity index (χ0n) is 19.4. The SMILES string of the molecule is CNC(=O)c1ccccc1Nc1cc(Nc2ccc(N3CCOCC3)c(C)c2)ncc1C(F)(F)F. The van der Waals surface area contributed by atoms with Crippen molar-refractivity contribution in [2.75, 3.05) is 48.9 Å². The Labute approximate surface area is 201 Å². The van der Waals surface area contributed by atoms with E-state index in [1.807, 2.05) is 25.1 Å². The lowest BCUT2D eigenvalue weighted by molar-refractivity contribution is -0.137. The number of aromatic nitrogens is 1. The van der Waals surface area contributed by atoms with Gasteiger partial charge in [0.05, 0.1) is 35.7 Å². The third-order valence-corrected chi connectivity index (χ3v) is 5.70. The molecule has 10 heteroatoms. The van der Waals surface area contributed by atoms with E-state index in [4.69, 9.17) is 4.74 Å². The number of aryl methyl sites for hydroxylation is 1. The van der Waals surface area contributed by atoms with E-state index < -0.39 is 17.6 Å². The predicted octanol–water partition coefficient (Wildman–Crippen LogP) is 5.09. The van der Waals surface area contributed by atoms with E-state index in [1.54, 1.807) is 18.2 Å². The molecule has 0 radical (unpaired) electrons. The Morgan fingerprint density at radius 2 is 1.77 bits per heavy atom. The minimum absolute atomic E-state index is 0.215. The molecule has 35 heavy (non-hydrogen) atoms. The Balaban J connectivity index is 1.62. The lowest BCUT2D eigenvalue weighted by atomic mass is 10.1. The summed E-state index contributed by atoms with van der Waals surface area (Å²) in [6, 6.07) is 13.4. The summed E-state index contributed by atoms with van der Waals surface area (Å²) in [4.78, 5) is 18.4. The summed E-state index contributed by atoms with van der Waals surface area (Å²) in [5, 5.41) is 8.35. The molecule has 0 atom stereocenters. The molecule has 2 aromatic carbocycles. The van der Waals surface area contributed by atoms with Gasteiger partial charge >= 0.3 is 6.18 Å². The van der Waals surface area contributed by atoms with Crippen LogP contribution in [0.1, 0.15) is 21.5 Å². The van der Waals surface area contributed by atoms with Crippen LogP contribution in [0.3, 0.4) is 0 Å². The van der Waals surface area contributed by atoms with Crippen LogP contribution in [-0.2, 0) is 10.9 Å². The van der Waals surface area contributed by atoms with Crippen molar-refractivity contribution in [2.24, 2.45) is 0 Å². The second-order valence-electron chi connectivity index (χ2n) is 8.09. The molecular weight excluding hydrogens is 459 g/mol. The molecule has 0 aliphatic carbocycles. The molecule has 0 saturated carbocycles. The summed E-state index contributed by atoms with van der Waals surface area (Å²) in [7, 11) is 1.46. The van der Waals surface area contributed by atoms with Crippen molar-refractivity contribution in [3.8, 4) is 0 Å². The van der Waals surface area contributed by atoms with Crippen LogP contribution < -0.4 is 20.9 Å². The van der Waals surface area contributed by atoms with E-state index in [9.17, 15) is 18.0 Å². The summed E-state index contributed by atoms with van der Waals surface area (Å²) < 4.78 is 46.6. The van der Waals surface area contributed by atoms with Crippen molar-refractivity contribution in [2.45, 2.75) is 13.1 Å². The van der Waals surface area contributed by atoms with Crippen LogP contribution in [0.25, 0.3) is 0 Å². The van der Waals surface area contributed by atoms with Crippen LogP contribution in [0.15, 0.2) is 54.7 Å². The van der Waals surface area contributed by atoms with Gasteiger partial charge < -0.3 is 25.6 Å². The van der Waals surface area contributed by atoms with Gasteiger partial charge in [0, 0.05) is 43.8 Å². The Morgan fingerprint density at radius 1 is 1.03 bits per heavy atom. The molecule has 1 aliphatic heterocycles. The van der Waals surface area contributed by atoms with Gasteiger partial charge in [-0.1, -0.05) is 12.1 Å². The molecule has 4 rings (SSSR count). The number of hydrogen-bond donors (Lipinski definition) is 3. The van der Waals surface area contributed by atoms with Gasteiger partial charge in [-0.15, -0.1) is 0 Å². The number of benzene rings is 2. The molecule has 184 valence electrons. The molecule has 3 aromatic rings. The molecule has 0 bridgehead atoms. The number of pyridine rings is 1. The van der Waals surface area contributed by atoms with Gasteiger partial charge in [-0.05, 0) is 42.8 Å². The fraction of sp³-hybridized carbons (Fsp3) is 0.280. The number of alkyl halides is 3. The van der Waals surface area contributed by atoms with Gasteiger partial charge in [-0.2, -0.15) is 13.2 Å². The monoisotopic (exact) mass is 485 g/mol. The van der Waals surface area contributed by atoms with Gasteiger partial charge in [0.1, 0.15) is 5.82 Å². The van der Waals surface area contributed by atoms with Gasteiger partial charge in [0.15, 0.2) is 0 Å². The number of nitrogens with one attached hydrogen (secondary N) is 3. The molecule has 1 aliphatic rings. The number of anilines is 5. The van der Waals surface area contributed by atoms with E-state index in [0.29, 0.717) is 18.9 Å². The van der Waals surface area contributed by atoms with Crippen LogP contribution in [0, 0.1) is 6.92 Å². The summed E-state index contributed by atoms with van der Waals surface area (Å²) >= 11 is 0. The van der Waals surface area contributed by atoms with Crippen molar-refractivity contribution in [1.82, 2.24) is 10.3 Å². The largest absolute Gasteiger partial charge is 0.419 e. The van der Waals surface area contributed by atoms with Crippen molar-refractivity contribution in [3.63, 3.8) is 0 Å². The number of amides is 1. The Kier molecular flexibility index (Phi) is 7.11. The third-order valence-electron chi connectivity index (χ3n) is 5.70. The van der Waals surface area contributed by atoms with Crippen LogP contribution in [0.2, 0.25) is 0 Å². The van der Waals surface area contributed by atoms with Crippen molar-refractivity contribution >= 4 is 34.5 Å².